The number of hydrogen-bond donors (Lipinski definition) is 1. The van der Waals surface area contributed by atoms with Crippen LogP contribution in [0, 0.1) is 0 Å². The highest BCUT2D eigenvalue weighted by molar-refractivity contribution is 5.95. The Balaban J connectivity index is 2.29. The van der Waals surface area contributed by atoms with Crippen molar-refractivity contribution in [3.8, 4) is 0 Å². The minimum atomic E-state index is -0.389. The smallest absolute Gasteiger partial charge is 0.325 e. The van der Waals surface area contributed by atoms with Crippen LogP contribution in [0.4, 0.5) is 0 Å². The van der Waals surface area contributed by atoms with Gasteiger partial charge in [-0.3, -0.25) is 9.59 Å². The lowest BCUT2D eigenvalue weighted by molar-refractivity contribution is -0.142. The Kier molecular flexibility index (Phi) is 7.40. The molecule has 0 aromatic heterocycles. The number of amides is 1. The lowest BCUT2D eigenvalue weighted by Gasteiger charge is -2.06. The first kappa shape index (κ1) is 16.2. The van der Waals surface area contributed by atoms with Gasteiger partial charge in [0.2, 0.25) is 0 Å². The first-order valence-corrected chi connectivity index (χ1v) is 7.20. The molecule has 1 N–H and O–H groups in total. The molecular formula is C16H23NO3. The second-order valence-corrected chi connectivity index (χ2v) is 4.66. The van der Waals surface area contributed by atoms with Gasteiger partial charge in [-0.05, 0) is 30.5 Å². The molecule has 0 fully saturated rings. The van der Waals surface area contributed by atoms with E-state index < -0.39 is 0 Å². The molecule has 0 unspecified atom stereocenters. The Morgan fingerprint density at radius 1 is 1.10 bits per heavy atom. The van der Waals surface area contributed by atoms with Gasteiger partial charge in [-0.1, -0.05) is 38.8 Å². The van der Waals surface area contributed by atoms with Gasteiger partial charge >= 0.3 is 5.97 Å². The van der Waals surface area contributed by atoms with Crippen LogP contribution in [0.2, 0.25) is 0 Å². The monoisotopic (exact) mass is 277 g/mol. The Morgan fingerprint density at radius 3 is 2.40 bits per heavy atom. The van der Waals surface area contributed by atoms with E-state index in [1.807, 2.05) is 12.1 Å². The molecule has 0 aliphatic rings. The quantitative estimate of drug-likeness (QED) is 0.587. The van der Waals surface area contributed by atoms with Gasteiger partial charge in [-0.25, -0.2) is 0 Å². The number of carbonyl (C=O) groups excluding carboxylic acids is 2. The standard InChI is InChI=1S/C16H23NO3/c1-3-5-6-11-20-15(18)12-17-16(19)14-9-7-13(4-2)8-10-14/h7-10H,3-6,11-12H2,1-2H3,(H,17,19). The summed E-state index contributed by atoms with van der Waals surface area (Å²) in [5.74, 6) is -0.641. The Bertz CT molecular complexity index is 426. The van der Waals surface area contributed by atoms with E-state index in [9.17, 15) is 9.59 Å². The molecule has 4 heteroatoms. The Labute approximate surface area is 120 Å². The second kappa shape index (κ2) is 9.13. The van der Waals surface area contributed by atoms with Crippen LogP contribution in [0.5, 0.6) is 0 Å². The summed E-state index contributed by atoms with van der Waals surface area (Å²) >= 11 is 0. The number of unbranched alkanes of at least 4 members (excludes halogenated alkanes) is 2. The predicted molar refractivity (Wildman–Crippen MR) is 78.6 cm³/mol. The minimum Gasteiger partial charge on any atom is -0.464 e. The average molecular weight is 277 g/mol. The molecule has 0 atom stereocenters. The third kappa shape index (κ3) is 5.87. The summed E-state index contributed by atoms with van der Waals surface area (Å²) in [4.78, 5) is 23.2. The van der Waals surface area contributed by atoms with Crippen LogP contribution in [-0.2, 0) is 16.0 Å². The first-order valence-electron chi connectivity index (χ1n) is 7.20. The summed E-state index contributed by atoms with van der Waals surface area (Å²) in [6.45, 7) is 4.49. The zero-order valence-corrected chi connectivity index (χ0v) is 12.3. The number of rotatable bonds is 8. The van der Waals surface area contributed by atoms with Crippen molar-refractivity contribution in [3.63, 3.8) is 0 Å². The fraction of sp³-hybridized carbons (Fsp3) is 0.500. The largest absolute Gasteiger partial charge is 0.464 e. The second-order valence-electron chi connectivity index (χ2n) is 4.66. The van der Waals surface area contributed by atoms with Gasteiger partial charge in [0.25, 0.3) is 5.91 Å². The van der Waals surface area contributed by atoms with Gasteiger partial charge < -0.3 is 10.1 Å². The summed E-state index contributed by atoms with van der Waals surface area (Å²) in [5.41, 5.74) is 1.73. The maximum atomic E-state index is 11.8. The van der Waals surface area contributed by atoms with Gasteiger partial charge in [0.05, 0.1) is 6.61 Å². The molecule has 0 aliphatic heterocycles. The van der Waals surface area contributed by atoms with E-state index in [1.54, 1.807) is 12.1 Å². The number of ether oxygens (including phenoxy) is 1. The zero-order chi connectivity index (χ0) is 14.8. The number of hydrogen-bond acceptors (Lipinski definition) is 3. The molecule has 0 radical (unpaired) electrons. The maximum absolute atomic E-state index is 11.8. The molecule has 0 saturated carbocycles. The Morgan fingerprint density at radius 2 is 1.80 bits per heavy atom. The van der Waals surface area contributed by atoms with Crippen molar-refractivity contribution in [1.29, 1.82) is 0 Å². The summed E-state index contributed by atoms with van der Waals surface area (Å²) in [5, 5.41) is 2.56. The van der Waals surface area contributed by atoms with Gasteiger partial charge in [0, 0.05) is 5.56 Å². The number of carbonyl (C=O) groups is 2. The van der Waals surface area contributed by atoms with Crippen LogP contribution in [0.1, 0.15) is 49.0 Å². The van der Waals surface area contributed by atoms with Crippen molar-refractivity contribution >= 4 is 11.9 Å². The highest BCUT2D eigenvalue weighted by atomic mass is 16.5. The highest BCUT2D eigenvalue weighted by Gasteiger charge is 2.08. The van der Waals surface area contributed by atoms with Gasteiger partial charge in [-0.15, -0.1) is 0 Å². The predicted octanol–water partition coefficient (Wildman–Crippen LogP) is 2.71. The van der Waals surface area contributed by atoms with Crippen molar-refractivity contribution in [1.82, 2.24) is 5.32 Å². The topological polar surface area (TPSA) is 55.4 Å². The Hall–Kier alpha value is -1.84. The summed E-state index contributed by atoms with van der Waals surface area (Å²) in [6, 6.07) is 7.36. The van der Waals surface area contributed by atoms with E-state index in [-0.39, 0.29) is 18.4 Å². The van der Waals surface area contributed by atoms with E-state index in [2.05, 4.69) is 19.2 Å². The molecule has 1 aromatic rings. The third-order valence-electron chi connectivity index (χ3n) is 3.03. The lowest BCUT2D eigenvalue weighted by Crippen LogP contribution is -2.30. The van der Waals surface area contributed by atoms with Gasteiger partial charge in [0.1, 0.15) is 6.54 Å². The molecule has 1 amide bonds. The van der Waals surface area contributed by atoms with Crippen LogP contribution in [-0.4, -0.2) is 25.0 Å². The van der Waals surface area contributed by atoms with Crippen molar-refractivity contribution < 1.29 is 14.3 Å². The molecule has 110 valence electrons. The average Bonchev–Trinajstić information content (AvgIpc) is 2.49. The number of nitrogens with one attached hydrogen (secondary N) is 1. The van der Waals surface area contributed by atoms with E-state index in [0.29, 0.717) is 12.2 Å². The minimum absolute atomic E-state index is 0.0828. The van der Waals surface area contributed by atoms with E-state index in [4.69, 9.17) is 4.74 Å². The lowest BCUT2D eigenvalue weighted by atomic mass is 10.1. The van der Waals surface area contributed by atoms with E-state index in [0.717, 1.165) is 25.7 Å². The number of esters is 1. The molecule has 0 spiro atoms. The van der Waals surface area contributed by atoms with Crippen molar-refractivity contribution in [2.24, 2.45) is 0 Å². The molecule has 0 aliphatic carbocycles. The fourth-order valence-electron chi connectivity index (χ4n) is 1.74. The van der Waals surface area contributed by atoms with Crippen LogP contribution >= 0.6 is 0 Å². The van der Waals surface area contributed by atoms with Crippen LogP contribution < -0.4 is 5.32 Å². The summed E-state index contributed by atoms with van der Waals surface area (Å²) in [7, 11) is 0. The third-order valence-corrected chi connectivity index (χ3v) is 3.03. The van der Waals surface area contributed by atoms with Gasteiger partial charge in [0.15, 0.2) is 0 Å². The van der Waals surface area contributed by atoms with Crippen LogP contribution in [0.3, 0.4) is 0 Å². The van der Waals surface area contributed by atoms with Crippen LogP contribution in [0.25, 0.3) is 0 Å². The van der Waals surface area contributed by atoms with Crippen molar-refractivity contribution in [2.45, 2.75) is 39.5 Å². The number of aryl methyl sites for hydroxylation is 1. The highest BCUT2D eigenvalue weighted by Crippen LogP contribution is 2.04. The maximum Gasteiger partial charge on any atom is 0.325 e. The first-order chi connectivity index (χ1) is 9.67. The molecular weight excluding hydrogens is 254 g/mol. The van der Waals surface area contributed by atoms with Crippen molar-refractivity contribution in [3.05, 3.63) is 35.4 Å². The molecule has 4 nitrogen and oxygen atoms in total. The fourth-order valence-corrected chi connectivity index (χ4v) is 1.74. The molecule has 20 heavy (non-hydrogen) atoms. The molecule has 0 saturated heterocycles. The summed E-state index contributed by atoms with van der Waals surface area (Å²) in [6.07, 6.45) is 3.94. The molecule has 1 rings (SSSR count). The van der Waals surface area contributed by atoms with E-state index in [1.165, 1.54) is 5.56 Å². The normalized spacial score (nSPS) is 10.1. The van der Waals surface area contributed by atoms with Crippen molar-refractivity contribution in [2.75, 3.05) is 13.2 Å². The summed E-state index contributed by atoms with van der Waals surface area (Å²) < 4.78 is 5.01. The molecule has 0 bridgehead atoms. The van der Waals surface area contributed by atoms with Gasteiger partial charge in [-0.2, -0.15) is 0 Å². The SMILES string of the molecule is CCCCCOC(=O)CNC(=O)c1ccc(CC)cc1. The van der Waals surface area contributed by atoms with E-state index >= 15 is 0 Å². The zero-order valence-electron chi connectivity index (χ0n) is 12.3. The number of benzene rings is 1. The molecule has 0 heterocycles. The molecule has 1 aromatic carbocycles. The van der Waals surface area contributed by atoms with Crippen LogP contribution in [0.15, 0.2) is 24.3 Å².